The Morgan fingerprint density at radius 3 is 2.41 bits per heavy atom. The zero-order chi connectivity index (χ0) is 22.5. The number of nitrogens with one attached hydrogen (secondary N) is 3. The second-order valence-electron chi connectivity index (χ2n) is 8.73. The molecule has 2 amide bonds. The van der Waals surface area contributed by atoms with Crippen LogP contribution in [0.3, 0.4) is 0 Å². The van der Waals surface area contributed by atoms with Crippen LogP contribution in [0.25, 0.3) is 10.9 Å². The van der Waals surface area contributed by atoms with E-state index in [9.17, 15) is 4.79 Å². The van der Waals surface area contributed by atoms with Gasteiger partial charge in [0, 0.05) is 38.1 Å². The van der Waals surface area contributed by atoms with Gasteiger partial charge in [0.2, 0.25) is 5.95 Å². The molecule has 1 aliphatic rings. The van der Waals surface area contributed by atoms with Gasteiger partial charge in [-0.15, -0.1) is 0 Å². The summed E-state index contributed by atoms with van der Waals surface area (Å²) in [5, 5.41) is 10.7. The molecule has 1 aliphatic carbocycles. The fourth-order valence-corrected chi connectivity index (χ4v) is 4.25. The molecule has 168 valence electrons. The van der Waals surface area contributed by atoms with Crippen molar-refractivity contribution in [2.75, 3.05) is 24.3 Å². The highest BCUT2D eigenvalue weighted by molar-refractivity contribution is 5.90. The van der Waals surface area contributed by atoms with Crippen molar-refractivity contribution in [3.05, 3.63) is 59.7 Å². The third-order valence-electron chi connectivity index (χ3n) is 6.10. The number of anilines is 2. The molecule has 1 heterocycles. The zero-order valence-electron chi connectivity index (χ0n) is 19.1. The lowest BCUT2D eigenvalue weighted by molar-refractivity contribution is 0.231. The summed E-state index contributed by atoms with van der Waals surface area (Å²) in [4.78, 5) is 23.8. The molecule has 1 saturated carbocycles. The fraction of sp³-hybridized carbons (Fsp3) is 0.400. The quantitative estimate of drug-likeness (QED) is 0.543. The molecule has 2 aromatic carbocycles. The molecule has 0 saturated heterocycles. The van der Waals surface area contributed by atoms with Crippen molar-refractivity contribution >= 4 is 28.7 Å². The molecule has 1 fully saturated rings. The average Bonchev–Trinajstić information content (AvgIpc) is 2.79. The van der Waals surface area contributed by atoms with Crippen LogP contribution in [0.1, 0.15) is 36.8 Å². The molecule has 0 radical (unpaired) electrons. The number of carbonyl (C=O) groups is 1. The minimum absolute atomic E-state index is 0.0989. The second-order valence-corrected chi connectivity index (χ2v) is 8.73. The summed E-state index contributed by atoms with van der Waals surface area (Å²) in [5.74, 6) is 1.58. The van der Waals surface area contributed by atoms with Crippen LogP contribution in [-0.2, 0) is 6.54 Å². The Bertz CT molecular complexity index is 1070. The van der Waals surface area contributed by atoms with Crippen molar-refractivity contribution in [2.24, 2.45) is 0 Å². The molecule has 1 aromatic heterocycles. The van der Waals surface area contributed by atoms with Crippen LogP contribution < -0.4 is 20.9 Å². The molecule has 32 heavy (non-hydrogen) atoms. The fourth-order valence-electron chi connectivity index (χ4n) is 4.25. The first-order chi connectivity index (χ1) is 15.5. The highest BCUT2D eigenvalue weighted by Crippen LogP contribution is 2.26. The van der Waals surface area contributed by atoms with Crippen molar-refractivity contribution in [1.82, 2.24) is 20.6 Å². The monoisotopic (exact) mass is 432 g/mol. The van der Waals surface area contributed by atoms with Gasteiger partial charge in [-0.05, 0) is 55.9 Å². The molecule has 3 aromatic rings. The van der Waals surface area contributed by atoms with Gasteiger partial charge in [-0.25, -0.2) is 9.78 Å². The minimum Gasteiger partial charge on any atom is -0.362 e. The number of benzene rings is 2. The Kier molecular flexibility index (Phi) is 6.73. The first kappa shape index (κ1) is 21.9. The van der Waals surface area contributed by atoms with Crippen LogP contribution in [0, 0.1) is 6.92 Å². The maximum absolute atomic E-state index is 12.3. The molecule has 0 aliphatic heterocycles. The third kappa shape index (κ3) is 5.28. The molecule has 0 unspecified atom stereocenters. The number of amides is 2. The summed E-state index contributed by atoms with van der Waals surface area (Å²) in [6.07, 6.45) is 3.81. The summed E-state index contributed by atoms with van der Waals surface area (Å²) in [5.41, 5.74) is 3.27. The summed E-state index contributed by atoms with van der Waals surface area (Å²) in [6.45, 7) is 2.60. The van der Waals surface area contributed by atoms with Crippen LogP contribution in [0.15, 0.2) is 48.5 Å². The number of rotatable bonds is 6. The molecule has 4 rings (SSSR count). The van der Waals surface area contributed by atoms with Gasteiger partial charge < -0.3 is 20.9 Å². The van der Waals surface area contributed by atoms with Crippen LogP contribution in [-0.4, -0.2) is 42.2 Å². The number of aromatic nitrogens is 2. The predicted octanol–water partition coefficient (Wildman–Crippen LogP) is 4.23. The number of para-hydroxylation sites is 1. The number of hydrogen-bond acceptors (Lipinski definition) is 5. The van der Waals surface area contributed by atoms with Crippen molar-refractivity contribution in [3.63, 3.8) is 0 Å². The number of hydrogen-bond donors (Lipinski definition) is 3. The lowest BCUT2D eigenvalue weighted by atomic mass is 9.91. The molecular weight excluding hydrogens is 400 g/mol. The van der Waals surface area contributed by atoms with Crippen LogP contribution in [0.4, 0.5) is 16.6 Å². The number of urea groups is 1. The van der Waals surface area contributed by atoms with E-state index in [2.05, 4.69) is 35.0 Å². The standard InChI is InChI=1S/C25H32N6O/c1-17-8-4-5-9-18(17)16-26-25(32)28-20-14-12-19(13-15-20)27-24-29-22-11-7-6-10-21(22)23(30-24)31(2)3/h4-11,19-20H,12-16H2,1-3H3,(H2,26,28,32)(H,27,29,30). The summed E-state index contributed by atoms with van der Waals surface area (Å²) >= 11 is 0. The van der Waals surface area contributed by atoms with Gasteiger partial charge in [-0.2, -0.15) is 4.98 Å². The third-order valence-corrected chi connectivity index (χ3v) is 6.10. The van der Waals surface area contributed by atoms with E-state index in [-0.39, 0.29) is 12.1 Å². The van der Waals surface area contributed by atoms with Crippen molar-refractivity contribution in [1.29, 1.82) is 0 Å². The van der Waals surface area contributed by atoms with Crippen molar-refractivity contribution < 1.29 is 4.79 Å². The van der Waals surface area contributed by atoms with E-state index in [1.54, 1.807) is 0 Å². The molecular formula is C25H32N6O. The summed E-state index contributed by atoms with van der Waals surface area (Å²) in [6, 6.07) is 16.6. The van der Waals surface area contributed by atoms with Crippen LogP contribution >= 0.6 is 0 Å². The molecule has 0 atom stereocenters. The molecule has 0 spiro atoms. The van der Waals surface area contributed by atoms with Gasteiger partial charge in [-0.3, -0.25) is 0 Å². The van der Waals surface area contributed by atoms with Gasteiger partial charge >= 0.3 is 6.03 Å². The van der Waals surface area contributed by atoms with E-state index >= 15 is 0 Å². The maximum atomic E-state index is 12.3. The Balaban J connectivity index is 1.29. The maximum Gasteiger partial charge on any atom is 0.315 e. The van der Waals surface area contributed by atoms with E-state index in [0.717, 1.165) is 48.0 Å². The van der Waals surface area contributed by atoms with E-state index in [1.807, 2.05) is 55.4 Å². The van der Waals surface area contributed by atoms with Gasteiger partial charge in [0.05, 0.1) is 5.52 Å². The smallest absolute Gasteiger partial charge is 0.315 e. The van der Waals surface area contributed by atoms with Gasteiger partial charge in [0.1, 0.15) is 5.82 Å². The first-order valence-corrected chi connectivity index (χ1v) is 11.3. The highest BCUT2D eigenvalue weighted by atomic mass is 16.2. The SMILES string of the molecule is Cc1ccccc1CNC(=O)NC1CCC(Nc2nc(N(C)C)c3ccccc3n2)CC1. The Morgan fingerprint density at radius 1 is 0.969 bits per heavy atom. The van der Waals surface area contributed by atoms with Crippen molar-refractivity contribution in [2.45, 2.75) is 51.2 Å². The predicted molar refractivity (Wildman–Crippen MR) is 130 cm³/mol. The summed E-state index contributed by atoms with van der Waals surface area (Å²) in [7, 11) is 4.00. The largest absolute Gasteiger partial charge is 0.362 e. The Labute approximate surface area is 189 Å². The van der Waals surface area contributed by atoms with E-state index in [4.69, 9.17) is 9.97 Å². The topological polar surface area (TPSA) is 82.2 Å². The molecule has 3 N–H and O–H groups in total. The Hall–Kier alpha value is -3.35. The van der Waals surface area contributed by atoms with Gasteiger partial charge in [0.15, 0.2) is 0 Å². The molecule has 7 nitrogen and oxygen atoms in total. The number of aryl methyl sites for hydroxylation is 1. The van der Waals surface area contributed by atoms with E-state index < -0.39 is 0 Å². The van der Waals surface area contributed by atoms with Gasteiger partial charge in [0.25, 0.3) is 0 Å². The van der Waals surface area contributed by atoms with Crippen LogP contribution in [0.5, 0.6) is 0 Å². The highest BCUT2D eigenvalue weighted by Gasteiger charge is 2.23. The first-order valence-electron chi connectivity index (χ1n) is 11.3. The number of fused-ring (bicyclic) bond motifs is 1. The number of nitrogens with zero attached hydrogens (tertiary/aromatic N) is 3. The lowest BCUT2D eigenvalue weighted by Crippen LogP contribution is -2.44. The number of carbonyl (C=O) groups excluding carboxylic acids is 1. The zero-order valence-corrected chi connectivity index (χ0v) is 19.1. The lowest BCUT2D eigenvalue weighted by Gasteiger charge is -2.30. The molecule has 7 heteroatoms. The van der Waals surface area contributed by atoms with E-state index in [1.165, 1.54) is 5.56 Å². The van der Waals surface area contributed by atoms with Crippen molar-refractivity contribution in [3.8, 4) is 0 Å². The molecule has 0 bridgehead atoms. The summed E-state index contributed by atoms with van der Waals surface area (Å²) < 4.78 is 0. The average molecular weight is 433 g/mol. The second kappa shape index (κ2) is 9.85. The Morgan fingerprint density at radius 2 is 1.66 bits per heavy atom. The van der Waals surface area contributed by atoms with E-state index in [0.29, 0.717) is 18.5 Å². The van der Waals surface area contributed by atoms with Crippen LogP contribution in [0.2, 0.25) is 0 Å². The minimum atomic E-state index is -0.0989. The van der Waals surface area contributed by atoms with Gasteiger partial charge in [-0.1, -0.05) is 36.4 Å². The normalized spacial score (nSPS) is 18.2.